The van der Waals surface area contributed by atoms with Crippen LogP contribution in [-0.2, 0) is 0 Å². The Labute approximate surface area is 65.5 Å². The van der Waals surface area contributed by atoms with Gasteiger partial charge in [0.05, 0.1) is 5.56 Å². The molecule has 0 amide bonds. The van der Waals surface area contributed by atoms with Gasteiger partial charge in [0, 0.05) is 17.8 Å². The van der Waals surface area contributed by atoms with E-state index in [1.165, 1.54) is 12.8 Å². The van der Waals surface area contributed by atoms with Crippen molar-refractivity contribution in [1.82, 2.24) is 4.98 Å². The van der Waals surface area contributed by atoms with Gasteiger partial charge in [0.1, 0.15) is 6.07 Å². The average molecular weight is 144 g/mol. The lowest BCUT2D eigenvalue weighted by Crippen LogP contribution is -1.85. The second-order valence-corrected chi connectivity index (χ2v) is 2.86. The van der Waals surface area contributed by atoms with Crippen LogP contribution in [0.25, 0.3) is 0 Å². The van der Waals surface area contributed by atoms with E-state index in [1.807, 2.05) is 12.1 Å². The van der Waals surface area contributed by atoms with Crippen LogP contribution in [0.5, 0.6) is 0 Å². The number of rotatable bonds is 1. The normalized spacial score (nSPS) is 15.9. The molecule has 0 atom stereocenters. The fourth-order valence-electron chi connectivity index (χ4n) is 1.09. The highest BCUT2D eigenvalue weighted by atomic mass is 14.7. The van der Waals surface area contributed by atoms with Crippen LogP contribution in [0.3, 0.4) is 0 Å². The minimum Gasteiger partial charge on any atom is -0.260 e. The molecule has 1 saturated carbocycles. The molecule has 1 aliphatic carbocycles. The summed E-state index contributed by atoms with van der Waals surface area (Å²) in [5, 5.41) is 8.49. The van der Waals surface area contributed by atoms with E-state index < -0.39 is 0 Å². The fourth-order valence-corrected chi connectivity index (χ4v) is 1.09. The number of pyridine rings is 1. The third-order valence-corrected chi connectivity index (χ3v) is 1.91. The van der Waals surface area contributed by atoms with Gasteiger partial charge < -0.3 is 0 Å². The lowest BCUT2D eigenvalue weighted by atomic mass is 10.2. The second kappa shape index (κ2) is 2.35. The van der Waals surface area contributed by atoms with Crippen molar-refractivity contribution >= 4 is 0 Å². The van der Waals surface area contributed by atoms with E-state index in [0.29, 0.717) is 11.5 Å². The van der Waals surface area contributed by atoms with Crippen molar-refractivity contribution in [1.29, 1.82) is 5.26 Å². The molecule has 11 heavy (non-hydrogen) atoms. The molecule has 0 aromatic carbocycles. The molecule has 2 nitrogen and oxygen atoms in total. The van der Waals surface area contributed by atoms with E-state index in [4.69, 9.17) is 5.26 Å². The van der Waals surface area contributed by atoms with Crippen LogP contribution < -0.4 is 0 Å². The summed E-state index contributed by atoms with van der Waals surface area (Å²) < 4.78 is 0. The Morgan fingerprint density at radius 1 is 1.45 bits per heavy atom. The van der Waals surface area contributed by atoms with Crippen LogP contribution in [-0.4, -0.2) is 4.98 Å². The van der Waals surface area contributed by atoms with Crippen LogP contribution in [0.1, 0.15) is 30.0 Å². The summed E-state index contributed by atoms with van der Waals surface area (Å²) in [6.45, 7) is 0. The van der Waals surface area contributed by atoms with Crippen LogP contribution >= 0.6 is 0 Å². The Hall–Kier alpha value is -1.36. The standard InChI is InChI=1S/C9H8N2/c10-5-7-1-4-9(11-6-7)8-2-3-8/h1,4,6,8H,2-3H2. The molecular formula is C9H8N2. The van der Waals surface area contributed by atoms with Gasteiger partial charge in [-0.25, -0.2) is 0 Å². The highest BCUT2D eigenvalue weighted by molar-refractivity contribution is 5.28. The predicted octanol–water partition coefficient (Wildman–Crippen LogP) is 1.83. The minimum absolute atomic E-state index is 0.648. The third kappa shape index (κ3) is 1.22. The van der Waals surface area contributed by atoms with Gasteiger partial charge in [-0.15, -0.1) is 0 Å². The molecule has 1 heterocycles. The summed E-state index contributed by atoms with van der Waals surface area (Å²) in [4.78, 5) is 4.19. The van der Waals surface area contributed by atoms with Gasteiger partial charge in [-0.2, -0.15) is 5.26 Å². The molecule has 1 aliphatic rings. The molecule has 0 spiro atoms. The molecule has 0 aliphatic heterocycles. The first-order valence-electron chi connectivity index (χ1n) is 3.76. The van der Waals surface area contributed by atoms with Crippen molar-refractivity contribution in [2.45, 2.75) is 18.8 Å². The molecule has 2 heteroatoms. The van der Waals surface area contributed by atoms with Gasteiger partial charge in [0.2, 0.25) is 0 Å². The van der Waals surface area contributed by atoms with Crippen molar-refractivity contribution in [3.8, 4) is 6.07 Å². The van der Waals surface area contributed by atoms with Crippen molar-refractivity contribution in [2.24, 2.45) is 0 Å². The monoisotopic (exact) mass is 144 g/mol. The number of hydrogen-bond donors (Lipinski definition) is 0. The zero-order valence-corrected chi connectivity index (χ0v) is 6.12. The molecule has 0 N–H and O–H groups in total. The highest BCUT2D eigenvalue weighted by Crippen LogP contribution is 2.38. The van der Waals surface area contributed by atoms with Crippen LogP contribution in [0.4, 0.5) is 0 Å². The van der Waals surface area contributed by atoms with Crippen LogP contribution in [0, 0.1) is 11.3 Å². The molecule has 2 rings (SSSR count). The Morgan fingerprint density at radius 2 is 2.27 bits per heavy atom. The largest absolute Gasteiger partial charge is 0.260 e. The first kappa shape index (κ1) is 6.36. The fraction of sp³-hybridized carbons (Fsp3) is 0.333. The van der Waals surface area contributed by atoms with Gasteiger partial charge in [-0.3, -0.25) is 4.98 Å². The zero-order chi connectivity index (χ0) is 7.68. The summed E-state index contributed by atoms with van der Waals surface area (Å²) in [6, 6.07) is 5.84. The van der Waals surface area contributed by atoms with Gasteiger partial charge in [0.25, 0.3) is 0 Å². The number of nitriles is 1. The van der Waals surface area contributed by atoms with Crippen LogP contribution in [0.15, 0.2) is 18.3 Å². The first-order chi connectivity index (χ1) is 5.40. The van der Waals surface area contributed by atoms with Crippen molar-refractivity contribution < 1.29 is 0 Å². The summed E-state index contributed by atoms with van der Waals surface area (Å²) >= 11 is 0. The molecule has 1 fully saturated rings. The number of nitrogens with zero attached hydrogens (tertiary/aromatic N) is 2. The quantitative estimate of drug-likeness (QED) is 0.603. The highest BCUT2D eigenvalue weighted by Gasteiger charge is 2.24. The van der Waals surface area contributed by atoms with Gasteiger partial charge in [-0.1, -0.05) is 0 Å². The SMILES string of the molecule is N#Cc1ccc(C2CC2)nc1. The third-order valence-electron chi connectivity index (χ3n) is 1.91. The Balaban J connectivity index is 2.27. The summed E-state index contributed by atoms with van der Waals surface area (Å²) in [6.07, 6.45) is 4.17. The zero-order valence-electron chi connectivity index (χ0n) is 6.12. The van der Waals surface area contributed by atoms with E-state index in [9.17, 15) is 0 Å². The number of hydrogen-bond acceptors (Lipinski definition) is 2. The summed E-state index contributed by atoms with van der Waals surface area (Å²) in [7, 11) is 0. The van der Waals surface area contributed by atoms with E-state index in [1.54, 1.807) is 6.20 Å². The summed E-state index contributed by atoms with van der Waals surface area (Å²) in [5.74, 6) is 0.683. The molecular weight excluding hydrogens is 136 g/mol. The maximum absolute atomic E-state index is 8.49. The molecule has 0 saturated heterocycles. The Kier molecular flexibility index (Phi) is 1.36. The lowest BCUT2D eigenvalue weighted by molar-refractivity contribution is 1.02. The van der Waals surface area contributed by atoms with Gasteiger partial charge in [-0.05, 0) is 25.0 Å². The molecule has 54 valence electrons. The minimum atomic E-state index is 0.648. The second-order valence-electron chi connectivity index (χ2n) is 2.86. The first-order valence-corrected chi connectivity index (χ1v) is 3.76. The Morgan fingerprint density at radius 3 is 2.73 bits per heavy atom. The molecule has 0 unspecified atom stereocenters. The maximum atomic E-state index is 8.49. The van der Waals surface area contributed by atoms with Crippen molar-refractivity contribution in [2.75, 3.05) is 0 Å². The van der Waals surface area contributed by atoms with Crippen molar-refractivity contribution in [3.63, 3.8) is 0 Å². The van der Waals surface area contributed by atoms with E-state index in [0.717, 1.165) is 5.69 Å². The van der Waals surface area contributed by atoms with E-state index in [-0.39, 0.29) is 0 Å². The average Bonchev–Trinajstić information content (AvgIpc) is 2.87. The topological polar surface area (TPSA) is 36.7 Å². The molecule has 1 aromatic rings. The van der Waals surface area contributed by atoms with E-state index >= 15 is 0 Å². The van der Waals surface area contributed by atoms with E-state index in [2.05, 4.69) is 11.1 Å². The summed E-state index contributed by atoms with van der Waals surface area (Å²) in [5.41, 5.74) is 1.79. The predicted molar refractivity (Wildman–Crippen MR) is 40.9 cm³/mol. The number of aromatic nitrogens is 1. The molecule has 0 radical (unpaired) electrons. The van der Waals surface area contributed by atoms with Crippen LogP contribution in [0.2, 0.25) is 0 Å². The van der Waals surface area contributed by atoms with Gasteiger partial charge >= 0.3 is 0 Å². The van der Waals surface area contributed by atoms with Gasteiger partial charge in [0.15, 0.2) is 0 Å². The lowest BCUT2D eigenvalue weighted by Gasteiger charge is -1.94. The van der Waals surface area contributed by atoms with Crippen molar-refractivity contribution in [3.05, 3.63) is 29.6 Å². The molecule has 0 bridgehead atoms. The molecule has 1 aromatic heterocycles. The smallest absolute Gasteiger partial charge is 0.101 e. The maximum Gasteiger partial charge on any atom is 0.101 e. The Bertz CT molecular complexity index is 290.